The molecule has 0 fully saturated rings. The first-order valence-electron chi connectivity index (χ1n) is 6.15. The Kier molecular flexibility index (Phi) is 4.95. The maximum Gasteiger partial charge on any atom is 0.267 e. The number of nitrogens with two attached hydrogens (primary N) is 1. The number of nitrogens with one attached hydrogen (secondary N) is 1. The zero-order chi connectivity index (χ0) is 15.6. The number of aliphatic hydroxyl groups is 1. The van der Waals surface area contributed by atoms with Crippen molar-refractivity contribution >= 4 is 15.9 Å². The van der Waals surface area contributed by atoms with Crippen LogP contribution in [0.3, 0.4) is 0 Å². The first-order chi connectivity index (χ1) is 9.07. The Morgan fingerprint density at radius 1 is 1.50 bits per heavy atom. The van der Waals surface area contributed by atoms with Crippen molar-refractivity contribution in [1.82, 2.24) is 9.88 Å². The Morgan fingerprint density at radius 2 is 2.10 bits per heavy atom. The van der Waals surface area contributed by atoms with Gasteiger partial charge in [0.05, 0.1) is 0 Å². The van der Waals surface area contributed by atoms with Crippen LogP contribution >= 0.6 is 0 Å². The van der Waals surface area contributed by atoms with Crippen LogP contribution in [0.5, 0.6) is 0 Å². The quantitative estimate of drug-likeness (QED) is 0.675. The molecule has 114 valence electrons. The summed E-state index contributed by atoms with van der Waals surface area (Å²) in [6.45, 7) is 4.26. The van der Waals surface area contributed by atoms with Crippen molar-refractivity contribution < 1.29 is 18.3 Å². The standard InChI is InChI=1S/C12H21N3O4S/c1-12(2,4-5-16)8-14-11(17)10-6-9(7-15(10)3)20(13,18)19/h6-7,16H,4-5,8H2,1-3H3,(H,14,17)(H2,13,18,19). The van der Waals surface area contributed by atoms with Crippen LogP contribution < -0.4 is 10.5 Å². The van der Waals surface area contributed by atoms with E-state index < -0.39 is 10.0 Å². The van der Waals surface area contributed by atoms with Crippen LogP contribution in [0.4, 0.5) is 0 Å². The second-order valence-corrected chi connectivity index (χ2v) is 7.10. The molecule has 1 amide bonds. The van der Waals surface area contributed by atoms with E-state index in [0.717, 1.165) is 0 Å². The molecule has 0 aliphatic carbocycles. The molecule has 0 bridgehead atoms. The molecule has 8 heteroatoms. The van der Waals surface area contributed by atoms with E-state index in [9.17, 15) is 13.2 Å². The van der Waals surface area contributed by atoms with Crippen molar-refractivity contribution in [3.63, 3.8) is 0 Å². The Balaban J connectivity index is 2.81. The van der Waals surface area contributed by atoms with Gasteiger partial charge in [0.1, 0.15) is 10.6 Å². The van der Waals surface area contributed by atoms with Gasteiger partial charge in [-0.15, -0.1) is 0 Å². The molecule has 0 spiro atoms. The summed E-state index contributed by atoms with van der Waals surface area (Å²) in [5.41, 5.74) is -0.0212. The van der Waals surface area contributed by atoms with E-state index in [-0.39, 0.29) is 28.5 Å². The van der Waals surface area contributed by atoms with Gasteiger partial charge in [0.15, 0.2) is 0 Å². The number of hydrogen-bond donors (Lipinski definition) is 3. The van der Waals surface area contributed by atoms with Crippen molar-refractivity contribution in [2.45, 2.75) is 25.2 Å². The fourth-order valence-electron chi connectivity index (χ4n) is 1.72. The normalized spacial score (nSPS) is 12.4. The van der Waals surface area contributed by atoms with Gasteiger partial charge in [-0.3, -0.25) is 4.79 Å². The van der Waals surface area contributed by atoms with Gasteiger partial charge in [-0.25, -0.2) is 13.6 Å². The van der Waals surface area contributed by atoms with E-state index >= 15 is 0 Å². The lowest BCUT2D eigenvalue weighted by Crippen LogP contribution is -2.35. The Hall–Kier alpha value is -1.38. The molecule has 0 saturated carbocycles. The molecule has 0 saturated heterocycles. The average molecular weight is 303 g/mol. The molecule has 1 heterocycles. The zero-order valence-electron chi connectivity index (χ0n) is 11.9. The molecule has 20 heavy (non-hydrogen) atoms. The highest BCUT2D eigenvalue weighted by molar-refractivity contribution is 7.89. The smallest absolute Gasteiger partial charge is 0.267 e. The minimum absolute atomic E-state index is 0.0442. The molecular weight excluding hydrogens is 282 g/mol. The van der Waals surface area contributed by atoms with E-state index in [1.807, 2.05) is 13.8 Å². The van der Waals surface area contributed by atoms with Gasteiger partial charge in [-0.1, -0.05) is 13.8 Å². The number of aryl methyl sites for hydroxylation is 1. The maximum atomic E-state index is 12.0. The molecule has 1 rings (SSSR count). The minimum Gasteiger partial charge on any atom is -0.396 e. The third-order valence-electron chi connectivity index (χ3n) is 3.06. The van der Waals surface area contributed by atoms with E-state index in [1.165, 1.54) is 16.8 Å². The Morgan fingerprint density at radius 3 is 2.55 bits per heavy atom. The fraction of sp³-hybridized carbons (Fsp3) is 0.583. The molecule has 0 atom stereocenters. The summed E-state index contributed by atoms with van der Waals surface area (Å²) in [5, 5.41) is 16.7. The van der Waals surface area contributed by atoms with Crippen LogP contribution in [0, 0.1) is 5.41 Å². The number of amides is 1. The first kappa shape index (κ1) is 16.7. The van der Waals surface area contributed by atoms with E-state index in [1.54, 1.807) is 7.05 Å². The summed E-state index contributed by atoms with van der Waals surface area (Å²) in [7, 11) is -2.25. The van der Waals surface area contributed by atoms with E-state index in [4.69, 9.17) is 10.2 Å². The second-order valence-electron chi connectivity index (χ2n) is 5.54. The number of nitrogens with zero attached hydrogens (tertiary/aromatic N) is 1. The lowest BCUT2D eigenvalue weighted by Gasteiger charge is -2.23. The summed E-state index contributed by atoms with van der Waals surface area (Å²) in [5.74, 6) is -0.381. The summed E-state index contributed by atoms with van der Waals surface area (Å²) < 4.78 is 23.9. The SMILES string of the molecule is Cn1cc(S(N)(=O)=O)cc1C(=O)NCC(C)(C)CCO. The predicted molar refractivity (Wildman–Crippen MR) is 74.6 cm³/mol. The van der Waals surface area contributed by atoms with Crippen molar-refractivity contribution in [3.8, 4) is 0 Å². The highest BCUT2D eigenvalue weighted by Crippen LogP contribution is 2.18. The Labute approximate surface area is 118 Å². The molecular formula is C12H21N3O4S. The summed E-state index contributed by atoms with van der Waals surface area (Å²) in [4.78, 5) is 11.9. The van der Waals surface area contributed by atoms with Crippen molar-refractivity contribution in [1.29, 1.82) is 0 Å². The number of primary sulfonamides is 1. The molecule has 0 radical (unpaired) electrons. The highest BCUT2D eigenvalue weighted by atomic mass is 32.2. The minimum atomic E-state index is -3.82. The van der Waals surface area contributed by atoms with Gasteiger partial charge in [0.25, 0.3) is 5.91 Å². The Bertz CT molecular complexity index is 590. The van der Waals surface area contributed by atoms with Gasteiger partial charge in [0.2, 0.25) is 10.0 Å². The third-order valence-corrected chi connectivity index (χ3v) is 3.94. The largest absolute Gasteiger partial charge is 0.396 e. The monoisotopic (exact) mass is 303 g/mol. The number of aromatic nitrogens is 1. The van der Waals surface area contributed by atoms with Crippen molar-refractivity contribution in [2.75, 3.05) is 13.2 Å². The van der Waals surface area contributed by atoms with Crippen molar-refractivity contribution in [3.05, 3.63) is 18.0 Å². The molecule has 4 N–H and O–H groups in total. The average Bonchev–Trinajstić information content (AvgIpc) is 2.68. The van der Waals surface area contributed by atoms with Crippen LogP contribution in [-0.4, -0.2) is 37.2 Å². The number of carbonyl (C=O) groups is 1. The highest BCUT2D eigenvalue weighted by Gasteiger charge is 2.21. The summed E-state index contributed by atoms with van der Waals surface area (Å²) >= 11 is 0. The van der Waals surface area contributed by atoms with Gasteiger partial charge < -0.3 is 15.0 Å². The lowest BCUT2D eigenvalue weighted by atomic mass is 9.90. The zero-order valence-corrected chi connectivity index (χ0v) is 12.7. The molecule has 0 aliphatic rings. The molecule has 0 aliphatic heterocycles. The molecule has 0 aromatic carbocycles. The van der Waals surface area contributed by atoms with E-state index in [0.29, 0.717) is 13.0 Å². The molecule has 7 nitrogen and oxygen atoms in total. The van der Waals surface area contributed by atoms with Gasteiger partial charge in [0, 0.05) is 26.4 Å². The van der Waals surface area contributed by atoms with Crippen molar-refractivity contribution in [2.24, 2.45) is 17.6 Å². The molecule has 0 unspecified atom stereocenters. The second kappa shape index (κ2) is 5.94. The van der Waals surface area contributed by atoms with Crippen LogP contribution in [0.1, 0.15) is 30.8 Å². The van der Waals surface area contributed by atoms with Crippen LogP contribution in [-0.2, 0) is 17.1 Å². The first-order valence-corrected chi connectivity index (χ1v) is 7.70. The number of aliphatic hydroxyl groups excluding tert-OH is 1. The lowest BCUT2D eigenvalue weighted by molar-refractivity contribution is 0.0920. The van der Waals surface area contributed by atoms with Crippen LogP contribution in [0.2, 0.25) is 0 Å². The fourth-order valence-corrected chi connectivity index (χ4v) is 2.30. The molecule has 1 aromatic rings. The maximum absolute atomic E-state index is 12.0. The third kappa shape index (κ3) is 4.32. The van der Waals surface area contributed by atoms with Gasteiger partial charge in [-0.05, 0) is 17.9 Å². The molecule has 1 aromatic heterocycles. The topological polar surface area (TPSA) is 114 Å². The van der Waals surface area contributed by atoms with Crippen LogP contribution in [0.15, 0.2) is 17.2 Å². The summed E-state index contributed by atoms with van der Waals surface area (Å²) in [6, 6.07) is 1.24. The number of sulfonamides is 1. The summed E-state index contributed by atoms with van der Waals surface area (Å²) in [6.07, 6.45) is 1.85. The van der Waals surface area contributed by atoms with Gasteiger partial charge >= 0.3 is 0 Å². The van der Waals surface area contributed by atoms with Crippen LogP contribution in [0.25, 0.3) is 0 Å². The van der Waals surface area contributed by atoms with Gasteiger partial charge in [-0.2, -0.15) is 0 Å². The number of carbonyl (C=O) groups excluding carboxylic acids is 1. The number of hydrogen-bond acceptors (Lipinski definition) is 4. The number of rotatable bonds is 6. The van der Waals surface area contributed by atoms with E-state index in [2.05, 4.69) is 5.32 Å². The predicted octanol–water partition coefficient (Wildman–Crippen LogP) is -0.189.